The Morgan fingerprint density at radius 1 is 1.42 bits per heavy atom. The second kappa shape index (κ2) is 8.24. The van der Waals surface area contributed by atoms with Crippen LogP contribution in [0.1, 0.15) is 18.2 Å². The minimum atomic E-state index is -0.0885. The summed E-state index contributed by atoms with van der Waals surface area (Å²) in [6.45, 7) is 6.87. The number of benzene rings is 1. The lowest BCUT2D eigenvalue weighted by Gasteiger charge is -2.27. The van der Waals surface area contributed by atoms with Crippen LogP contribution in [0.15, 0.2) is 52.1 Å². The van der Waals surface area contributed by atoms with E-state index >= 15 is 0 Å². The van der Waals surface area contributed by atoms with E-state index in [2.05, 4.69) is 32.2 Å². The van der Waals surface area contributed by atoms with Crippen LogP contribution in [-0.4, -0.2) is 47.3 Å². The third kappa shape index (κ3) is 4.05. The summed E-state index contributed by atoms with van der Waals surface area (Å²) in [4.78, 5) is 21.8. The molecule has 0 saturated carbocycles. The third-order valence-corrected chi connectivity index (χ3v) is 4.23. The predicted octanol–water partition coefficient (Wildman–Crippen LogP) is 2.78. The van der Waals surface area contributed by atoms with Crippen molar-refractivity contribution in [3.8, 4) is 11.3 Å². The Hall–Kier alpha value is -3.22. The summed E-state index contributed by atoms with van der Waals surface area (Å²) in [7, 11) is 0. The second-order valence-electron chi connectivity index (χ2n) is 6.15. The van der Waals surface area contributed by atoms with Crippen LogP contribution in [0, 0.1) is 0 Å². The fourth-order valence-electron chi connectivity index (χ4n) is 2.88. The number of nitrogens with one attached hydrogen (secondary N) is 2. The number of urea groups is 1. The van der Waals surface area contributed by atoms with Crippen molar-refractivity contribution in [2.45, 2.75) is 19.9 Å². The van der Waals surface area contributed by atoms with Crippen LogP contribution in [0.2, 0.25) is 0 Å². The van der Waals surface area contributed by atoms with E-state index in [1.807, 2.05) is 42.2 Å². The molecule has 0 saturated heterocycles. The largest absolute Gasteiger partial charge is 0.334 e. The highest BCUT2D eigenvalue weighted by molar-refractivity contribution is 5.75. The molecule has 134 valence electrons. The van der Waals surface area contributed by atoms with E-state index in [-0.39, 0.29) is 6.03 Å². The van der Waals surface area contributed by atoms with Crippen LogP contribution < -0.4 is 5.32 Å². The van der Waals surface area contributed by atoms with Gasteiger partial charge in [-0.15, -0.1) is 0 Å². The van der Waals surface area contributed by atoms with E-state index in [1.54, 1.807) is 6.20 Å². The number of aromatic amines is 1. The maximum atomic E-state index is 12.5. The van der Waals surface area contributed by atoms with Crippen LogP contribution in [0.4, 0.5) is 4.79 Å². The van der Waals surface area contributed by atoms with Crippen LogP contribution >= 0.6 is 0 Å². The van der Waals surface area contributed by atoms with Gasteiger partial charge in [-0.3, -0.25) is 10.1 Å². The zero-order valence-electron chi connectivity index (χ0n) is 14.8. The Kier molecular flexibility index (Phi) is 5.58. The molecular formula is C19H22N6O. The van der Waals surface area contributed by atoms with Crippen molar-refractivity contribution in [2.24, 2.45) is 9.98 Å². The van der Waals surface area contributed by atoms with E-state index in [1.165, 1.54) is 6.34 Å². The van der Waals surface area contributed by atoms with Gasteiger partial charge < -0.3 is 10.2 Å². The molecule has 2 amide bonds. The van der Waals surface area contributed by atoms with E-state index in [4.69, 9.17) is 0 Å². The lowest BCUT2D eigenvalue weighted by molar-refractivity contribution is 0.193. The Balaban J connectivity index is 1.65. The predicted molar refractivity (Wildman–Crippen MR) is 103 cm³/mol. The molecule has 1 aromatic heterocycles. The summed E-state index contributed by atoms with van der Waals surface area (Å²) < 4.78 is 0. The molecule has 0 spiro atoms. The number of carbonyl (C=O) groups is 1. The summed E-state index contributed by atoms with van der Waals surface area (Å²) in [5, 5.41) is 10.5. The molecule has 3 rings (SSSR count). The first-order valence-electron chi connectivity index (χ1n) is 8.46. The number of nitrogens with zero attached hydrogens (tertiary/aromatic N) is 4. The van der Waals surface area contributed by atoms with Gasteiger partial charge in [0.15, 0.2) is 0 Å². The number of amides is 2. The molecule has 0 unspecified atom stereocenters. The van der Waals surface area contributed by atoms with Crippen molar-refractivity contribution in [3.63, 3.8) is 0 Å². The highest BCUT2D eigenvalue weighted by Crippen LogP contribution is 2.28. The molecule has 0 bridgehead atoms. The van der Waals surface area contributed by atoms with Gasteiger partial charge in [0.05, 0.1) is 12.2 Å². The zero-order chi connectivity index (χ0) is 18.4. The van der Waals surface area contributed by atoms with Crippen molar-refractivity contribution in [1.82, 2.24) is 20.4 Å². The zero-order valence-corrected chi connectivity index (χ0v) is 14.8. The number of fused-ring (bicyclic) bond motifs is 1. The van der Waals surface area contributed by atoms with Crippen molar-refractivity contribution >= 4 is 19.1 Å². The average Bonchev–Trinajstić information content (AvgIpc) is 3.10. The van der Waals surface area contributed by atoms with Gasteiger partial charge in [-0.2, -0.15) is 5.10 Å². The van der Waals surface area contributed by atoms with Crippen LogP contribution in [0.3, 0.4) is 0 Å². The van der Waals surface area contributed by atoms with Gasteiger partial charge >= 0.3 is 6.03 Å². The fourth-order valence-corrected chi connectivity index (χ4v) is 2.88. The molecule has 0 aliphatic carbocycles. The molecule has 2 N–H and O–H groups in total. The van der Waals surface area contributed by atoms with E-state index in [0.29, 0.717) is 19.6 Å². The topological polar surface area (TPSA) is 85.7 Å². The maximum Gasteiger partial charge on any atom is 0.317 e. The summed E-state index contributed by atoms with van der Waals surface area (Å²) in [5.74, 6) is 0. The number of aliphatic imine (C=N–C) groups is 2. The molecule has 0 fully saturated rings. The Bertz CT molecular complexity index is 837. The number of H-pyrrole nitrogens is 1. The van der Waals surface area contributed by atoms with Gasteiger partial charge in [0.2, 0.25) is 0 Å². The molecule has 2 aromatic rings. The van der Waals surface area contributed by atoms with Gasteiger partial charge in [-0.1, -0.05) is 30.3 Å². The summed E-state index contributed by atoms with van der Waals surface area (Å²) in [6, 6.07) is 9.93. The minimum absolute atomic E-state index is 0.0885. The van der Waals surface area contributed by atoms with Crippen LogP contribution in [0.25, 0.3) is 11.3 Å². The first-order valence-corrected chi connectivity index (χ1v) is 8.46. The number of carbonyl (C=O) groups excluding carboxylic acids is 1. The Labute approximate surface area is 152 Å². The quantitative estimate of drug-likeness (QED) is 0.642. The van der Waals surface area contributed by atoms with Crippen LogP contribution in [0.5, 0.6) is 0 Å². The molecule has 2 heterocycles. The summed E-state index contributed by atoms with van der Waals surface area (Å²) in [5.41, 5.74) is 5.10. The molecule has 1 aliphatic heterocycles. The van der Waals surface area contributed by atoms with Crippen molar-refractivity contribution in [1.29, 1.82) is 0 Å². The third-order valence-electron chi connectivity index (χ3n) is 4.23. The normalized spacial score (nSPS) is 14.3. The van der Waals surface area contributed by atoms with Crippen molar-refractivity contribution in [2.75, 3.05) is 13.1 Å². The highest BCUT2D eigenvalue weighted by atomic mass is 16.2. The molecule has 0 atom stereocenters. The van der Waals surface area contributed by atoms with Gasteiger partial charge in [0.1, 0.15) is 6.34 Å². The molecule has 0 radical (unpaired) electrons. The number of hydrogen-bond donors (Lipinski definition) is 2. The highest BCUT2D eigenvalue weighted by Gasteiger charge is 2.25. The minimum Gasteiger partial charge on any atom is -0.334 e. The van der Waals surface area contributed by atoms with Crippen LogP contribution in [-0.2, 0) is 13.0 Å². The van der Waals surface area contributed by atoms with E-state index in [9.17, 15) is 4.79 Å². The van der Waals surface area contributed by atoms with Gasteiger partial charge in [0.25, 0.3) is 0 Å². The molecular weight excluding hydrogens is 328 g/mol. The SMILES string of the molecule is C=NC=N/C=C(\C)CNC(=O)N1CCc2[nH]nc(-c3ccccc3)c2C1. The van der Waals surface area contributed by atoms with E-state index < -0.39 is 0 Å². The molecule has 26 heavy (non-hydrogen) atoms. The lowest BCUT2D eigenvalue weighted by Crippen LogP contribution is -2.43. The standard InChI is InChI=1S/C19H22N6O/c1-14(10-21-13-20-2)11-22-19(26)25-9-8-17-16(12-25)18(24-23-17)15-6-4-3-5-7-15/h3-7,10,13H,2,8-9,11-12H2,1H3,(H,22,26)(H,23,24)/b14-10+,21-13?. The van der Waals surface area contributed by atoms with Gasteiger partial charge in [-0.05, 0) is 19.2 Å². The van der Waals surface area contributed by atoms with Crippen molar-refractivity contribution < 1.29 is 4.79 Å². The van der Waals surface area contributed by atoms with Crippen molar-refractivity contribution in [3.05, 3.63) is 53.4 Å². The molecule has 1 aliphatic rings. The summed E-state index contributed by atoms with van der Waals surface area (Å²) in [6.07, 6.45) is 3.79. The molecule has 7 heteroatoms. The maximum absolute atomic E-state index is 12.5. The first kappa shape index (κ1) is 17.6. The number of aromatic nitrogens is 2. The molecule has 1 aromatic carbocycles. The number of hydrogen-bond acceptors (Lipinski definition) is 3. The average molecular weight is 350 g/mol. The smallest absolute Gasteiger partial charge is 0.317 e. The fraction of sp³-hybridized carbons (Fsp3) is 0.263. The second-order valence-corrected chi connectivity index (χ2v) is 6.15. The van der Waals surface area contributed by atoms with Gasteiger partial charge in [0, 0.05) is 42.5 Å². The Morgan fingerprint density at radius 3 is 3.00 bits per heavy atom. The van der Waals surface area contributed by atoms with E-state index in [0.717, 1.165) is 34.5 Å². The lowest BCUT2D eigenvalue weighted by atomic mass is 10.0. The summed E-state index contributed by atoms with van der Waals surface area (Å²) >= 11 is 0. The number of rotatable bonds is 5. The first-order chi connectivity index (χ1) is 12.7. The monoisotopic (exact) mass is 350 g/mol. The van der Waals surface area contributed by atoms with Gasteiger partial charge in [-0.25, -0.2) is 9.79 Å². The Morgan fingerprint density at radius 2 is 2.23 bits per heavy atom. The molecule has 7 nitrogen and oxygen atoms in total.